The van der Waals surface area contributed by atoms with Crippen LogP contribution in [0.15, 0.2) is 0 Å². The molecule has 8 heteroatoms. The molecule has 1 aliphatic rings. The van der Waals surface area contributed by atoms with Crippen molar-refractivity contribution in [2.45, 2.75) is 11.7 Å². The molecule has 0 spiro atoms. The van der Waals surface area contributed by atoms with E-state index in [0.29, 0.717) is 0 Å². The van der Waals surface area contributed by atoms with Crippen molar-refractivity contribution in [1.29, 1.82) is 0 Å². The minimum atomic E-state index is -3.32. The molecule has 0 unspecified atom stereocenters. The van der Waals surface area contributed by atoms with E-state index in [0.717, 1.165) is 6.26 Å². The number of rotatable bonds is 3. The fourth-order valence-electron chi connectivity index (χ4n) is 1.17. The molecular weight excluding hydrogens is 232 g/mol. The zero-order valence-electron chi connectivity index (χ0n) is 7.73. The number of β-amino-alcohol motifs (C(OH)–C–C–N with tert-alkyl or cyclic N) is 2. The molecule has 6 nitrogen and oxygen atoms in total. The third-order valence-corrected chi connectivity index (χ3v) is 2.70. The highest BCUT2D eigenvalue weighted by Gasteiger charge is 2.40. The Bertz CT molecular complexity index is 284. The molecule has 1 rings (SSSR count). The van der Waals surface area contributed by atoms with Crippen LogP contribution in [-0.2, 0) is 10.0 Å². The highest BCUT2D eigenvalue weighted by Crippen LogP contribution is 2.13. The smallest absolute Gasteiger partial charge is 0.208 e. The van der Waals surface area contributed by atoms with Crippen molar-refractivity contribution in [2.24, 2.45) is 0 Å². The summed E-state index contributed by atoms with van der Waals surface area (Å²) in [5.41, 5.74) is -1.39. The van der Waals surface area contributed by atoms with Crippen LogP contribution in [-0.4, -0.2) is 56.2 Å². The number of hydrogen-bond acceptors (Lipinski definition) is 5. The highest BCUT2D eigenvalue weighted by atomic mass is 35.5. The minimum Gasteiger partial charge on any atom is -0.389 e. The van der Waals surface area contributed by atoms with Crippen LogP contribution >= 0.6 is 12.4 Å². The summed E-state index contributed by atoms with van der Waals surface area (Å²) in [5, 5.41) is 21.7. The fourth-order valence-corrected chi connectivity index (χ4v) is 1.68. The van der Waals surface area contributed by atoms with Crippen LogP contribution in [0.3, 0.4) is 0 Å². The molecular formula is C6H15ClN2O4S. The van der Waals surface area contributed by atoms with Crippen LogP contribution in [0.25, 0.3) is 0 Å². The monoisotopic (exact) mass is 246 g/mol. The maximum absolute atomic E-state index is 10.7. The summed E-state index contributed by atoms with van der Waals surface area (Å²) in [6.07, 6.45) is 0.0761. The largest absolute Gasteiger partial charge is 0.389 e. The van der Waals surface area contributed by atoms with E-state index in [2.05, 4.69) is 10.0 Å². The Balaban J connectivity index is 0.00000169. The first kappa shape index (κ1) is 14.1. The van der Waals surface area contributed by atoms with Crippen LogP contribution in [0.1, 0.15) is 0 Å². The van der Waals surface area contributed by atoms with E-state index in [9.17, 15) is 18.6 Å². The number of aliphatic hydroxyl groups excluding tert-OH is 1. The molecule has 86 valence electrons. The summed E-state index contributed by atoms with van der Waals surface area (Å²) < 4.78 is 23.6. The number of sulfonamides is 1. The molecule has 0 aliphatic carbocycles. The third-order valence-electron chi connectivity index (χ3n) is 2.03. The zero-order valence-corrected chi connectivity index (χ0v) is 9.36. The van der Waals surface area contributed by atoms with Gasteiger partial charge in [-0.15, -0.1) is 12.4 Å². The molecule has 0 amide bonds. The lowest BCUT2D eigenvalue weighted by Gasteiger charge is -2.24. The van der Waals surface area contributed by atoms with Crippen molar-refractivity contribution in [1.82, 2.24) is 10.0 Å². The van der Waals surface area contributed by atoms with Gasteiger partial charge in [0.25, 0.3) is 0 Å². The lowest BCUT2D eigenvalue weighted by atomic mass is 10.0. The van der Waals surface area contributed by atoms with Gasteiger partial charge in [-0.2, -0.15) is 0 Å². The number of hydrogen-bond donors (Lipinski definition) is 4. The maximum atomic E-state index is 10.7. The molecule has 1 saturated heterocycles. The van der Waals surface area contributed by atoms with E-state index >= 15 is 0 Å². The summed E-state index contributed by atoms with van der Waals surface area (Å²) in [4.78, 5) is 0. The Morgan fingerprint density at radius 2 is 2.21 bits per heavy atom. The highest BCUT2D eigenvalue weighted by molar-refractivity contribution is 7.88. The second-order valence-corrected chi connectivity index (χ2v) is 5.18. The Morgan fingerprint density at radius 3 is 2.57 bits per heavy atom. The third kappa shape index (κ3) is 3.68. The molecule has 1 aliphatic heterocycles. The van der Waals surface area contributed by atoms with Crippen LogP contribution in [0.5, 0.6) is 0 Å². The normalized spacial score (nSPS) is 32.6. The Hall–Kier alpha value is 0.0800. The molecule has 2 atom stereocenters. The van der Waals surface area contributed by atoms with E-state index < -0.39 is 21.7 Å². The van der Waals surface area contributed by atoms with E-state index in [1.807, 2.05) is 0 Å². The molecule has 0 bridgehead atoms. The van der Waals surface area contributed by atoms with E-state index in [1.165, 1.54) is 0 Å². The quantitative estimate of drug-likeness (QED) is 0.447. The summed E-state index contributed by atoms with van der Waals surface area (Å²) in [5.74, 6) is 0. The van der Waals surface area contributed by atoms with Gasteiger partial charge >= 0.3 is 0 Å². The lowest BCUT2D eigenvalue weighted by molar-refractivity contribution is -0.0343. The van der Waals surface area contributed by atoms with Gasteiger partial charge in [-0.3, -0.25) is 0 Å². The van der Waals surface area contributed by atoms with Gasteiger partial charge in [0.2, 0.25) is 10.0 Å². The average Bonchev–Trinajstić information content (AvgIpc) is 2.29. The number of halogens is 1. The van der Waals surface area contributed by atoms with Gasteiger partial charge in [-0.1, -0.05) is 0 Å². The Labute approximate surface area is 89.2 Å². The average molecular weight is 247 g/mol. The summed E-state index contributed by atoms with van der Waals surface area (Å²) in [6.45, 7) is 0.304. The minimum absolute atomic E-state index is 0. The van der Waals surface area contributed by atoms with Crippen molar-refractivity contribution >= 4 is 22.4 Å². The molecule has 0 aromatic heterocycles. The Morgan fingerprint density at radius 1 is 1.64 bits per heavy atom. The maximum Gasteiger partial charge on any atom is 0.208 e. The second-order valence-electron chi connectivity index (χ2n) is 3.34. The molecule has 0 aromatic rings. The molecule has 1 fully saturated rings. The predicted molar refractivity (Wildman–Crippen MR) is 53.9 cm³/mol. The van der Waals surface area contributed by atoms with E-state index in [4.69, 9.17) is 0 Å². The van der Waals surface area contributed by atoms with Crippen LogP contribution in [0.4, 0.5) is 0 Å². The van der Waals surface area contributed by atoms with Gasteiger partial charge in [0.1, 0.15) is 5.60 Å². The molecule has 14 heavy (non-hydrogen) atoms. The van der Waals surface area contributed by atoms with E-state index in [1.54, 1.807) is 0 Å². The lowest BCUT2D eigenvalue weighted by Crippen LogP contribution is -2.50. The number of nitrogens with one attached hydrogen (secondary N) is 2. The zero-order chi connectivity index (χ0) is 10.1. The summed E-state index contributed by atoms with van der Waals surface area (Å²) in [7, 11) is -3.32. The van der Waals surface area contributed by atoms with Crippen molar-refractivity contribution in [3.05, 3.63) is 0 Å². The van der Waals surface area contributed by atoms with Gasteiger partial charge in [0, 0.05) is 19.6 Å². The second kappa shape index (κ2) is 4.73. The summed E-state index contributed by atoms with van der Waals surface area (Å²) >= 11 is 0. The van der Waals surface area contributed by atoms with Crippen LogP contribution in [0.2, 0.25) is 0 Å². The molecule has 0 aromatic carbocycles. The van der Waals surface area contributed by atoms with Crippen molar-refractivity contribution in [3.63, 3.8) is 0 Å². The van der Waals surface area contributed by atoms with Crippen LogP contribution in [0, 0.1) is 0 Å². The molecule has 0 radical (unpaired) electrons. The fraction of sp³-hybridized carbons (Fsp3) is 1.00. The molecule has 4 N–H and O–H groups in total. The topological polar surface area (TPSA) is 98.7 Å². The van der Waals surface area contributed by atoms with Gasteiger partial charge in [-0.05, 0) is 0 Å². The number of aliphatic hydroxyl groups is 2. The van der Waals surface area contributed by atoms with Gasteiger partial charge < -0.3 is 15.5 Å². The molecule has 0 saturated carbocycles. The van der Waals surface area contributed by atoms with Crippen molar-refractivity contribution in [3.8, 4) is 0 Å². The van der Waals surface area contributed by atoms with Gasteiger partial charge in [0.15, 0.2) is 0 Å². The predicted octanol–water partition coefficient (Wildman–Crippen LogP) is -2.35. The SMILES string of the molecule is CS(=O)(=O)NC[C@]1(O)CNC[C@H]1O.Cl. The summed E-state index contributed by atoms with van der Waals surface area (Å²) in [6, 6.07) is 0. The van der Waals surface area contributed by atoms with E-state index in [-0.39, 0.29) is 32.0 Å². The van der Waals surface area contributed by atoms with Crippen molar-refractivity contribution < 1.29 is 18.6 Å². The Kier molecular flexibility index (Phi) is 4.76. The molecule has 1 heterocycles. The van der Waals surface area contributed by atoms with Gasteiger partial charge in [0.05, 0.1) is 12.4 Å². The van der Waals surface area contributed by atoms with Crippen LogP contribution < -0.4 is 10.0 Å². The first-order valence-electron chi connectivity index (χ1n) is 3.89. The van der Waals surface area contributed by atoms with Crippen molar-refractivity contribution in [2.75, 3.05) is 25.9 Å². The standard InChI is InChI=1S/C6H14N2O4S.ClH/c1-13(11,12)8-4-6(10)3-7-2-5(6)9;/h5,7-10H,2-4H2,1H3;1H/t5-,6-;/m1./s1. The first-order chi connectivity index (χ1) is 5.83. The van der Waals surface area contributed by atoms with Gasteiger partial charge in [-0.25, -0.2) is 13.1 Å². The first-order valence-corrected chi connectivity index (χ1v) is 5.78.